The lowest BCUT2D eigenvalue weighted by molar-refractivity contribution is -0.142. The Morgan fingerprint density at radius 2 is 1.94 bits per heavy atom. The lowest BCUT2D eigenvalue weighted by atomic mass is 10.1. The minimum atomic E-state index is 0.0532. The molecule has 0 spiro atoms. The normalized spacial score (nSPS) is 29.9. The van der Waals surface area contributed by atoms with Crippen LogP contribution < -0.4 is 5.73 Å². The number of carbonyl (C=O) groups is 1. The monoisotopic (exact) mass is 256 g/mol. The summed E-state index contributed by atoms with van der Waals surface area (Å²) < 4.78 is 11.0. The largest absolute Gasteiger partial charge is 0.378 e. The molecular weight excluding hydrogens is 232 g/mol. The Bertz CT molecular complexity index is 267. The van der Waals surface area contributed by atoms with Crippen LogP contribution in [0.25, 0.3) is 0 Å². The van der Waals surface area contributed by atoms with Crippen LogP contribution in [-0.2, 0) is 14.3 Å². The summed E-state index contributed by atoms with van der Waals surface area (Å²) in [5.41, 5.74) is 6.07. The van der Waals surface area contributed by atoms with Crippen molar-refractivity contribution in [1.82, 2.24) is 4.90 Å². The number of carbonyl (C=O) groups excluding carboxylic acids is 1. The van der Waals surface area contributed by atoms with Crippen LogP contribution in [-0.4, -0.2) is 55.9 Å². The molecular formula is C13H24N2O3. The average molecular weight is 256 g/mol. The molecule has 2 atom stereocenters. The van der Waals surface area contributed by atoms with Crippen LogP contribution >= 0.6 is 0 Å². The molecule has 5 heteroatoms. The lowest BCUT2D eigenvalue weighted by Gasteiger charge is -2.28. The van der Waals surface area contributed by atoms with Crippen LogP contribution in [0.15, 0.2) is 0 Å². The number of ether oxygens (including phenoxy) is 2. The van der Waals surface area contributed by atoms with Crippen molar-refractivity contribution in [1.29, 1.82) is 0 Å². The summed E-state index contributed by atoms with van der Waals surface area (Å²) >= 11 is 0. The molecule has 0 radical (unpaired) electrons. The van der Waals surface area contributed by atoms with Crippen LogP contribution in [0.5, 0.6) is 0 Å². The second-order valence-corrected chi connectivity index (χ2v) is 5.14. The Hall–Kier alpha value is -0.650. The average Bonchev–Trinajstić information content (AvgIpc) is 2.62. The van der Waals surface area contributed by atoms with Crippen LogP contribution in [0, 0.1) is 0 Å². The number of rotatable bonds is 3. The first-order chi connectivity index (χ1) is 8.77. The Labute approximate surface area is 109 Å². The highest BCUT2D eigenvalue weighted by molar-refractivity contribution is 5.77. The molecule has 1 aliphatic carbocycles. The third-order valence-electron chi connectivity index (χ3n) is 3.79. The third-order valence-corrected chi connectivity index (χ3v) is 3.79. The van der Waals surface area contributed by atoms with Gasteiger partial charge in [0.2, 0.25) is 5.91 Å². The highest BCUT2D eigenvalue weighted by Crippen LogP contribution is 2.19. The quantitative estimate of drug-likeness (QED) is 0.748. The predicted molar refractivity (Wildman–Crippen MR) is 68.2 cm³/mol. The molecule has 5 nitrogen and oxygen atoms in total. The van der Waals surface area contributed by atoms with Gasteiger partial charge < -0.3 is 20.1 Å². The first-order valence-electron chi connectivity index (χ1n) is 7.00. The fraction of sp³-hybridized carbons (Fsp3) is 0.923. The van der Waals surface area contributed by atoms with Crippen molar-refractivity contribution in [2.45, 2.75) is 44.2 Å². The second kappa shape index (κ2) is 7.07. The summed E-state index contributed by atoms with van der Waals surface area (Å²) in [6, 6.07) is 0.0880. The minimum Gasteiger partial charge on any atom is -0.378 e. The third kappa shape index (κ3) is 3.93. The van der Waals surface area contributed by atoms with E-state index in [-0.39, 0.29) is 24.7 Å². The van der Waals surface area contributed by atoms with E-state index in [4.69, 9.17) is 15.2 Å². The Balaban J connectivity index is 1.73. The summed E-state index contributed by atoms with van der Waals surface area (Å²) in [5.74, 6) is 0.0646. The van der Waals surface area contributed by atoms with Crippen molar-refractivity contribution >= 4 is 5.91 Å². The number of hydrogen-bond donors (Lipinski definition) is 1. The lowest BCUT2D eigenvalue weighted by Crippen LogP contribution is -2.44. The first kappa shape index (κ1) is 13.8. The highest BCUT2D eigenvalue weighted by atomic mass is 16.5. The van der Waals surface area contributed by atoms with E-state index in [1.165, 1.54) is 12.8 Å². The molecule has 1 saturated heterocycles. The van der Waals surface area contributed by atoms with Gasteiger partial charge in [-0.1, -0.05) is 19.3 Å². The smallest absolute Gasteiger partial charge is 0.248 e. The molecule has 18 heavy (non-hydrogen) atoms. The van der Waals surface area contributed by atoms with Gasteiger partial charge in [0.05, 0.1) is 19.3 Å². The summed E-state index contributed by atoms with van der Waals surface area (Å²) in [4.78, 5) is 13.7. The summed E-state index contributed by atoms with van der Waals surface area (Å²) in [6.07, 6.45) is 5.61. The van der Waals surface area contributed by atoms with Gasteiger partial charge in [-0.25, -0.2) is 0 Å². The predicted octanol–water partition coefficient (Wildman–Crippen LogP) is 0.522. The van der Waals surface area contributed by atoms with E-state index in [1.54, 1.807) is 0 Å². The summed E-state index contributed by atoms with van der Waals surface area (Å²) in [5, 5.41) is 0. The SMILES string of the molecule is NC1CCCCCC1OCC(=O)N1CCOCC1. The Morgan fingerprint density at radius 3 is 2.72 bits per heavy atom. The van der Waals surface area contributed by atoms with Gasteiger partial charge in [-0.2, -0.15) is 0 Å². The fourth-order valence-corrected chi connectivity index (χ4v) is 2.59. The van der Waals surface area contributed by atoms with Gasteiger partial charge in [0, 0.05) is 19.1 Å². The van der Waals surface area contributed by atoms with Gasteiger partial charge in [0.1, 0.15) is 6.61 Å². The number of nitrogens with two attached hydrogens (primary N) is 1. The van der Waals surface area contributed by atoms with Crippen molar-refractivity contribution in [3.63, 3.8) is 0 Å². The van der Waals surface area contributed by atoms with E-state index >= 15 is 0 Å². The molecule has 1 amide bonds. The molecule has 0 aromatic heterocycles. The van der Waals surface area contributed by atoms with E-state index < -0.39 is 0 Å². The molecule has 1 aliphatic heterocycles. The first-order valence-corrected chi connectivity index (χ1v) is 7.00. The molecule has 2 rings (SSSR count). The zero-order valence-electron chi connectivity index (χ0n) is 11.0. The zero-order chi connectivity index (χ0) is 12.8. The maximum absolute atomic E-state index is 11.9. The molecule has 0 bridgehead atoms. The molecule has 0 aromatic rings. The summed E-state index contributed by atoms with van der Waals surface area (Å²) in [6.45, 7) is 2.79. The van der Waals surface area contributed by atoms with E-state index in [1.807, 2.05) is 4.90 Å². The standard InChI is InChI=1S/C13H24N2O3/c14-11-4-2-1-3-5-12(11)18-10-13(16)15-6-8-17-9-7-15/h11-12H,1-10,14H2. The van der Waals surface area contributed by atoms with Crippen molar-refractivity contribution in [2.75, 3.05) is 32.9 Å². The van der Waals surface area contributed by atoms with Crippen molar-refractivity contribution in [3.05, 3.63) is 0 Å². The molecule has 1 heterocycles. The van der Waals surface area contributed by atoms with Crippen molar-refractivity contribution in [3.8, 4) is 0 Å². The van der Waals surface area contributed by atoms with Gasteiger partial charge in [-0.15, -0.1) is 0 Å². The van der Waals surface area contributed by atoms with E-state index in [2.05, 4.69) is 0 Å². The molecule has 2 fully saturated rings. The van der Waals surface area contributed by atoms with Gasteiger partial charge in [0.25, 0.3) is 0 Å². The van der Waals surface area contributed by atoms with Gasteiger partial charge in [-0.05, 0) is 12.8 Å². The molecule has 104 valence electrons. The number of hydrogen-bond acceptors (Lipinski definition) is 4. The number of amides is 1. The highest BCUT2D eigenvalue weighted by Gasteiger charge is 2.23. The van der Waals surface area contributed by atoms with Crippen molar-refractivity contribution < 1.29 is 14.3 Å². The van der Waals surface area contributed by atoms with E-state index in [0.29, 0.717) is 26.3 Å². The van der Waals surface area contributed by atoms with Crippen LogP contribution in [0.4, 0.5) is 0 Å². The van der Waals surface area contributed by atoms with Crippen LogP contribution in [0.3, 0.4) is 0 Å². The molecule has 1 saturated carbocycles. The topological polar surface area (TPSA) is 64.8 Å². The number of nitrogens with zero attached hydrogens (tertiary/aromatic N) is 1. The van der Waals surface area contributed by atoms with E-state index in [0.717, 1.165) is 19.3 Å². The summed E-state index contributed by atoms with van der Waals surface area (Å²) in [7, 11) is 0. The molecule has 2 aliphatic rings. The Morgan fingerprint density at radius 1 is 1.22 bits per heavy atom. The van der Waals surface area contributed by atoms with Crippen LogP contribution in [0.2, 0.25) is 0 Å². The minimum absolute atomic E-state index is 0.0532. The van der Waals surface area contributed by atoms with Crippen molar-refractivity contribution in [2.24, 2.45) is 5.73 Å². The maximum atomic E-state index is 11.9. The number of morpholine rings is 1. The maximum Gasteiger partial charge on any atom is 0.248 e. The Kier molecular flexibility index (Phi) is 5.41. The van der Waals surface area contributed by atoms with Gasteiger partial charge in [-0.3, -0.25) is 4.79 Å². The molecule has 2 N–H and O–H groups in total. The van der Waals surface area contributed by atoms with E-state index in [9.17, 15) is 4.79 Å². The van der Waals surface area contributed by atoms with Gasteiger partial charge in [0.15, 0.2) is 0 Å². The second-order valence-electron chi connectivity index (χ2n) is 5.14. The fourth-order valence-electron chi connectivity index (χ4n) is 2.59. The molecule has 0 aromatic carbocycles. The van der Waals surface area contributed by atoms with Gasteiger partial charge >= 0.3 is 0 Å². The van der Waals surface area contributed by atoms with Crippen LogP contribution in [0.1, 0.15) is 32.1 Å². The molecule has 2 unspecified atom stereocenters. The zero-order valence-corrected chi connectivity index (χ0v) is 11.0.